The van der Waals surface area contributed by atoms with Crippen molar-refractivity contribution in [2.45, 2.75) is 0 Å². The van der Waals surface area contributed by atoms with E-state index < -0.39 is 0 Å². The molecule has 0 unspecified atom stereocenters. The molecule has 0 saturated carbocycles. The maximum atomic E-state index is 5.02. The Morgan fingerprint density at radius 3 is 1.29 bits per heavy atom. The van der Waals surface area contributed by atoms with E-state index in [1.54, 1.807) is 11.3 Å². The molecular formula is C65H38N4S. The molecule has 4 aromatic heterocycles. The Labute approximate surface area is 408 Å². The van der Waals surface area contributed by atoms with Crippen LogP contribution in [0.25, 0.3) is 149 Å². The lowest BCUT2D eigenvalue weighted by Gasteiger charge is -2.24. The van der Waals surface area contributed by atoms with E-state index >= 15 is 0 Å². The van der Waals surface area contributed by atoms with Gasteiger partial charge in [0, 0.05) is 29.1 Å². The molecule has 2 aliphatic rings. The van der Waals surface area contributed by atoms with Crippen molar-refractivity contribution in [3.05, 3.63) is 231 Å². The predicted octanol–water partition coefficient (Wildman–Crippen LogP) is 17.5. The minimum atomic E-state index is 0.894. The van der Waals surface area contributed by atoms with Crippen molar-refractivity contribution in [1.29, 1.82) is 0 Å². The van der Waals surface area contributed by atoms with Gasteiger partial charge >= 0.3 is 0 Å². The molecule has 4 nitrogen and oxygen atoms in total. The first-order chi connectivity index (χ1) is 34.7. The SMILES string of the molecule is c1cc(-c2ccc3c(c2)-c2ccccc2-c2ccccc2-c2cc(-c4cccc5c4sc4nc6ccccc6n45)ccc2-3)cc(-c2ccc3c(c2)-c2cccnc2-c2ncccc2-c2ccccc2-3)c1. The molecule has 9 aromatic carbocycles. The van der Waals surface area contributed by atoms with Crippen LogP contribution in [-0.4, -0.2) is 19.4 Å². The van der Waals surface area contributed by atoms with Crippen LogP contribution in [0.2, 0.25) is 0 Å². The third-order valence-corrected chi connectivity index (χ3v) is 15.6. The fourth-order valence-corrected chi connectivity index (χ4v) is 12.5. The molecule has 0 atom stereocenters. The zero-order valence-electron chi connectivity index (χ0n) is 37.6. The van der Waals surface area contributed by atoms with Crippen LogP contribution in [0.3, 0.4) is 0 Å². The normalized spacial score (nSPS) is 12.0. The summed E-state index contributed by atoms with van der Waals surface area (Å²) in [7, 11) is 0. The minimum Gasteiger partial charge on any atom is -0.283 e. The molecule has 4 heterocycles. The van der Waals surface area contributed by atoms with Gasteiger partial charge in [-0.25, -0.2) is 4.98 Å². The number of hydrogen-bond acceptors (Lipinski definition) is 4. The Bertz CT molecular complexity index is 4320. The number of imidazole rings is 1. The van der Waals surface area contributed by atoms with Gasteiger partial charge in [-0.2, -0.15) is 0 Å². The number of benzene rings is 9. The van der Waals surface area contributed by atoms with Crippen LogP contribution in [0.15, 0.2) is 231 Å². The first-order valence-electron chi connectivity index (χ1n) is 23.7. The third kappa shape index (κ3) is 5.86. The van der Waals surface area contributed by atoms with Crippen molar-refractivity contribution in [1.82, 2.24) is 19.4 Å². The van der Waals surface area contributed by atoms with Gasteiger partial charge in [0.25, 0.3) is 0 Å². The number of hydrogen-bond donors (Lipinski definition) is 0. The van der Waals surface area contributed by atoms with Crippen molar-refractivity contribution in [2.75, 3.05) is 0 Å². The molecule has 2 aliphatic carbocycles. The molecule has 5 heteroatoms. The number of rotatable bonds is 3. The highest BCUT2D eigenvalue weighted by Crippen LogP contribution is 2.51. The fraction of sp³-hybridized carbons (Fsp3) is 0. The second kappa shape index (κ2) is 15.2. The van der Waals surface area contributed by atoms with Crippen LogP contribution < -0.4 is 0 Å². The Kier molecular flexibility index (Phi) is 8.49. The average molecular weight is 907 g/mol. The zero-order valence-corrected chi connectivity index (χ0v) is 38.5. The van der Waals surface area contributed by atoms with Crippen LogP contribution in [-0.2, 0) is 0 Å². The highest BCUT2D eigenvalue weighted by molar-refractivity contribution is 7.24. The molecule has 324 valence electrons. The standard InChI is InChI=1S/C65H38N4S/c1-4-18-48-47(17-1)51-30-27-42(37-58(51)55-23-12-34-67-63(55)62-54(48)22-11-33-66-62)40-14-9-13-39(35-40)41-28-31-52-53-32-29-43(44-21-10-26-61-64(44)70-65-68-59-24-7-8-25-60(59)69(61)65)38-57(53)50-20-6-3-16-46(50)45-15-2-5-19-49(45)56(52)36-41/h1-38H. The molecule has 15 rings (SSSR count). The van der Waals surface area contributed by atoms with E-state index in [4.69, 9.17) is 15.0 Å². The van der Waals surface area contributed by atoms with Gasteiger partial charge in [-0.15, -0.1) is 0 Å². The lowest BCUT2D eigenvalue weighted by atomic mass is 9.79. The van der Waals surface area contributed by atoms with E-state index in [1.807, 2.05) is 24.5 Å². The molecule has 13 aromatic rings. The molecule has 0 fully saturated rings. The van der Waals surface area contributed by atoms with Gasteiger partial charge in [-0.05, 0) is 149 Å². The van der Waals surface area contributed by atoms with Gasteiger partial charge in [0.15, 0.2) is 4.96 Å². The number of para-hydroxylation sites is 2. The average Bonchev–Trinajstić information content (AvgIpc) is 3.99. The summed E-state index contributed by atoms with van der Waals surface area (Å²) in [6, 6.07) is 80.1. The van der Waals surface area contributed by atoms with Gasteiger partial charge in [0.1, 0.15) is 0 Å². The molecule has 0 bridgehead atoms. The first kappa shape index (κ1) is 39.0. The van der Waals surface area contributed by atoms with Gasteiger partial charge in [-0.3, -0.25) is 14.4 Å². The summed E-state index contributed by atoms with van der Waals surface area (Å²) < 4.78 is 3.55. The van der Waals surface area contributed by atoms with Crippen molar-refractivity contribution >= 4 is 37.5 Å². The number of pyridine rings is 2. The number of nitrogens with zero attached hydrogens (tertiary/aromatic N) is 4. The number of thiazole rings is 1. The second-order valence-corrected chi connectivity index (χ2v) is 19.2. The molecule has 0 saturated heterocycles. The van der Waals surface area contributed by atoms with E-state index in [2.05, 4.69) is 211 Å². The van der Waals surface area contributed by atoms with Crippen LogP contribution in [0.4, 0.5) is 0 Å². The van der Waals surface area contributed by atoms with Crippen LogP contribution in [0.5, 0.6) is 0 Å². The summed E-state index contributed by atoms with van der Waals surface area (Å²) in [5, 5.41) is 0. The largest absolute Gasteiger partial charge is 0.283 e. The Balaban J connectivity index is 0.874. The van der Waals surface area contributed by atoms with E-state index in [-0.39, 0.29) is 0 Å². The smallest absolute Gasteiger partial charge is 0.195 e. The summed E-state index contributed by atoms with van der Waals surface area (Å²) >= 11 is 1.76. The lowest BCUT2D eigenvalue weighted by molar-refractivity contribution is 1.25. The quantitative estimate of drug-likeness (QED) is 0.177. The predicted molar refractivity (Wildman–Crippen MR) is 291 cm³/mol. The summed E-state index contributed by atoms with van der Waals surface area (Å²) in [4.78, 5) is 15.9. The molecule has 0 radical (unpaired) electrons. The maximum Gasteiger partial charge on any atom is 0.195 e. The molecule has 0 N–H and O–H groups in total. The summed E-state index contributed by atoms with van der Waals surface area (Å²) in [5.41, 5.74) is 28.8. The molecule has 70 heavy (non-hydrogen) atoms. The van der Waals surface area contributed by atoms with Gasteiger partial charge < -0.3 is 0 Å². The fourth-order valence-electron chi connectivity index (χ4n) is 11.3. The topological polar surface area (TPSA) is 43.1 Å². The maximum absolute atomic E-state index is 5.02. The van der Waals surface area contributed by atoms with Gasteiger partial charge in [0.2, 0.25) is 0 Å². The number of aromatic nitrogens is 4. The van der Waals surface area contributed by atoms with E-state index in [1.165, 1.54) is 82.5 Å². The third-order valence-electron chi connectivity index (χ3n) is 14.5. The van der Waals surface area contributed by atoms with Crippen LogP contribution in [0.1, 0.15) is 0 Å². The first-order valence-corrected chi connectivity index (χ1v) is 24.6. The van der Waals surface area contributed by atoms with Crippen molar-refractivity contribution < 1.29 is 0 Å². The highest BCUT2D eigenvalue weighted by Gasteiger charge is 2.26. The summed E-state index contributed by atoms with van der Waals surface area (Å²) in [6.45, 7) is 0. The van der Waals surface area contributed by atoms with Gasteiger partial charge in [0.05, 0.1) is 32.6 Å². The molecule has 0 amide bonds. The minimum absolute atomic E-state index is 0.894. The second-order valence-electron chi connectivity index (χ2n) is 18.3. The summed E-state index contributed by atoms with van der Waals surface area (Å²) in [6.07, 6.45) is 3.74. The van der Waals surface area contributed by atoms with Gasteiger partial charge in [-0.1, -0.05) is 175 Å². The lowest BCUT2D eigenvalue weighted by Crippen LogP contribution is -2.00. The number of fused-ring (bicyclic) bond motifs is 21. The van der Waals surface area contributed by atoms with Crippen molar-refractivity contribution in [3.8, 4) is 123 Å². The van der Waals surface area contributed by atoms with Crippen LogP contribution >= 0.6 is 11.3 Å². The zero-order chi connectivity index (χ0) is 45.9. The molecule has 0 aliphatic heterocycles. The summed E-state index contributed by atoms with van der Waals surface area (Å²) in [5.74, 6) is 0. The monoisotopic (exact) mass is 906 g/mol. The Morgan fingerprint density at radius 1 is 0.286 bits per heavy atom. The molecular weight excluding hydrogens is 869 g/mol. The van der Waals surface area contributed by atoms with E-state index in [9.17, 15) is 0 Å². The molecule has 0 spiro atoms. The highest BCUT2D eigenvalue weighted by atomic mass is 32.1. The van der Waals surface area contributed by atoms with Crippen molar-refractivity contribution in [3.63, 3.8) is 0 Å². The van der Waals surface area contributed by atoms with Crippen molar-refractivity contribution in [2.24, 2.45) is 0 Å². The Morgan fingerprint density at radius 2 is 0.686 bits per heavy atom. The Hall–Kier alpha value is -9.03. The van der Waals surface area contributed by atoms with Crippen LogP contribution in [0, 0.1) is 0 Å². The van der Waals surface area contributed by atoms with E-state index in [0.717, 1.165) is 66.3 Å². The van der Waals surface area contributed by atoms with E-state index in [0.29, 0.717) is 0 Å².